The number of pyridine rings is 1. The van der Waals surface area contributed by atoms with Gasteiger partial charge in [-0.3, -0.25) is 4.79 Å². The van der Waals surface area contributed by atoms with Crippen molar-refractivity contribution in [1.29, 1.82) is 0 Å². The lowest BCUT2D eigenvalue weighted by atomic mass is 10.2. The van der Waals surface area contributed by atoms with E-state index in [1.165, 1.54) is 12.1 Å². The van der Waals surface area contributed by atoms with E-state index in [9.17, 15) is 17.1 Å². The number of hydrogen-bond acceptors (Lipinski definition) is 4. The molecule has 0 aliphatic rings. The van der Waals surface area contributed by atoms with E-state index in [4.69, 9.17) is 27.9 Å². The van der Waals surface area contributed by atoms with E-state index in [-0.39, 0.29) is 17.4 Å². The molecule has 0 fully saturated rings. The molecule has 168 valence electrons. The fourth-order valence-electron chi connectivity index (χ4n) is 2.84. The Bertz CT molecular complexity index is 1190. The maximum absolute atomic E-state index is 12.9. The highest BCUT2D eigenvalue weighted by Crippen LogP contribution is 2.26. The Morgan fingerprint density at radius 3 is 2.28 bits per heavy atom. The van der Waals surface area contributed by atoms with Crippen LogP contribution >= 0.6 is 23.2 Å². The van der Waals surface area contributed by atoms with Crippen LogP contribution in [0.3, 0.4) is 0 Å². The molecule has 0 radical (unpaired) electrons. The fourth-order valence-corrected chi connectivity index (χ4v) is 3.59. The molecule has 32 heavy (non-hydrogen) atoms. The summed E-state index contributed by atoms with van der Waals surface area (Å²) in [4.78, 5) is 11.6. The Hall–Kier alpha value is -2.68. The van der Waals surface area contributed by atoms with Crippen LogP contribution in [0.5, 0.6) is 5.75 Å². The van der Waals surface area contributed by atoms with E-state index >= 15 is 0 Å². The maximum Gasteiger partial charge on any atom is 0.332 e. The molecule has 3 rings (SSSR count). The number of rotatable bonds is 9. The van der Waals surface area contributed by atoms with Gasteiger partial charge in [-0.1, -0.05) is 35.3 Å². The maximum atomic E-state index is 12.9. The molecule has 3 aromatic rings. The van der Waals surface area contributed by atoms with Crippen LogP contribution in [0.4, 0.5) is 3.89 Å². The van der Waals surface area contributed by atoms with Crippen LogP contribution in [0.15, 0.2) is 71.9 Å². The van der Waals surface area contributed by atoms with Gasteiger partial charge in [0.2, 0.25) is 0 Å². The predicted molar refractivity (Wildman–Crippen MR) is 119 cm³/mol. The minimum atomic E-state index is -4.69. The van der Waals surface area contributed by atoms with Gasteiger partial charge in [0.25, 0.3) is 5.91 Å². The average molecular weight is 498 g/mol. The van der Waals surface area contributed by atoms with Gasteiger partial charge in [-0.15, -0.1) is 3.89 Å². The molecule has 0 atom stereocenters. The number of carbonyl (C=O) groups is 1. The van der Waals surface area contributed by atoms with E-state index in [2.05, 4.69) is 5.32 Å². The average Bonchev–Trinajstić information content (AvgIpc) is 2.75. The number of nitrogens with one attached hydrogen (secondary N) is 1. The largest absolute Gasteiger partial charge is 0.484 e. The fraction of sp³-hybridized carbons (Fsp3) is 0.182. The van der Waals surface area contributed by atoms with Crippen LogP contribution in [0.25, 0.3) is 0 Å². The van der Waals surface area contributed by atoms with Gasteiger partial charge in [-0.05, 0) is 36.2 Å². The van der Waals surface area contributed by atoms with Crippen molar-refractivity contribution in [3.63, 3.8) is 0 Å². The van der Waals surface area contributed by atoms with Crippen LogP contribution in [0, 0.1) is 0 Å². The SMILES string of the molecule is O=C(COc1ccc(Cl)c(Cl)c1)NCCc1cc[n+](Cc2ccc(S(=O)(=O)F)cc2)cc1. The molecular formula is C22H20Cl2FN2O4S+. The van der Waals surface area contributed by atoms with E-state index in [1.807, 2.05) is 29.1 Å². The van der Waals surface area contributed by atoms with Crippen molar-refractivity contribution in [2.45, 2.75) is 17.9 Å². The Morgan fingerprint density at radius 2 is 1.66 bits per heavy atom. The van der Waals surface area contributed by atoms with Crippen LogP contribution in [0.1, 0.15) is 11.1 Å². The summed E-state index contributed by atoms with van der Waals surface area (Å²) in [6.07, 6.45) is 4.40. The normalized spacial score (nSPS) is 11.2. The number of benzene rings is 2. The van der Waals surface area contributed by atoms with E-state index < -0.39 is 10.2 Å². The summed E-state index contributed by atoms with van der Waals surface area (Å²) in [5, 5.41) is 3.56. The summed E-state index contributed by atoms with van der Waals surface area (Å²) in [6, 6.07) is 14.3. The van der Waals surface area contributed by atoms with Crippen molar-refractivity contribution < 1.29 is 26.4 Å². The molecule has 1 heterocycles. The number of nitrogens with zero attached hydrogens (tertiary/aromatic N) is 1. The van der Waals surface area contributed by atoms with E-state index in [0.29, 0.717) is 35.3 Å². The van der Waals surface area contributed by atoms with Gasteiger partial charge in [0, 0.05) is 30.3 Å². The van der Waals surface area contributed by atoms with Crippen molar-refractivity contribution in [2.75, 3.05) is 13.2 Å². The minimum Gasteiger partial charge on any atom is -0.484 e. The molecule has 1 amide bonds. The number of halogens is 3. The molecule has 0 aliphatic carbocycles. The molecule has 1 aromatic heterocycles. The summed E-state index contributed by atoms with van der Waals surface area (Å²) in [5.41, 5.74) is 1.87. The zero-order valence-corrected chi connectivity index (χ0v) is 19.1. The Morgan fingerprint density at radius 1 is 0.969 bits per heavy atom. The Kier molecular flexibility index (Phi) is 8.06. The number of aromatic nitrogens is 1. The van der Waals surface area contributed by atoms with Gasteiger partial charge in [0.05, 0.1) is 14.9 Å². The van der Waals surface area contributed by atoms with Crippen LogP contribution in [-0.4, -0.2) is 27.5 Å². The lowest BCUT2D eigenvalue weighted by molar-refractivity contribution is -0.688. The lowest BCUT2D eigenvalue weighted by Gasteiger charge is -2.08. The first kappa shape index (κ1) is 24.0. The molecule has 1 N–H and O–H groups in total. The van der Waals surface area contributed by atoms with Crippen molar-refractivity contribution in [3.05, 3.63) is 88.2 Å². The topological polar surface area (TPSA) is 76.3 Å². The number of hydrogen-bond donors (Lipinski definition) is 1. The first-order chi connectivity index (χ1) is 15.2. The highest BCUT2D eigenvalue weighted by atomic mass is 35.5. The van der Waals surface area contributed by atoms with Crippen molar-refractivity contribution in [3.8, 4) is 5.75 Å². The third-order valence-electron chi connectivity index (χ3n) is 4.53. The van der Waals surface area contributed by atoms with Gasteiger partial charge >= 0.3 is 10.2 Å². The van der Waals surface area contributed by atoms with Gasteiger partial charge in [0.1, 0.15) is 5.75 Å². The van der Waals surface area contributed by atoms with Gasteiger partial charge < -0.3 is 10.1 Å². The molecule has 0 bridgehead atoms. The van der Waals surface area contributed by atoms with Gasteiger partial charge in [0.15, 0.2) is 25.5 Å². The second-order valence-electron chi connectivity index (χ2n) is 6.93. The third-order valence-corrected chi connectivity index (χ3v) is 6.10. The highest BCUT2D eigenvalue weighted by Gasteiger charge is 2.12. The summed E-state index contributed by atoms with van der Waals surface area (Å²) in [5.74, 6) is 0.212. The first-order valence-corrected chi connectivity index (χ1v) is 11.7. The summed E-state index contributed by atoms with van der Waals surface area (Å²) >= 11 is 11.7. The summed E-state index contributed by atoms with van der Waals surface area (Å²) in [7, 11) is -4.69. The highest BCUT2D eigenvalue weighted by molar-refractivity contribution is 7.86. The zero-order chi connectivity index (χ0) is 23.1. The number of amides is 1. The van der Waals surface area contributed by atoms with E-state index in [0.717, 1.165) is 11.1 Å². The van der Waals surface area contributed by atoms with Gasteiger partial charge in [-0.25, -0.2) is 4.57 Å². The molecule has 0 unspecified atom stereocenters. The molecule has 2 aromatic carbocycles. The van der Waals surface area contributed by atoms with Crippen LogP contribution < -0.4 is 14.6 Å². The van der Waals surface area contributed by atoms with E-state index in [1.54, 1.807) is 30.3 Å². The van der Waals surface area contributed by atoms with Crippen molar-refractivity contribution in [2.24, 2.45) is 0 Å². The smallest absolute Gasteiger partial charge is 0.332 e. The standard InChI is InChI=1S/C22H19Cl2FN2O4S/c23-20-6-3-18(13-21(20)24)31-15-22(28)26-10-7-16-8-11-27(12-9-16)14-17-1-4-19(5-2-17)32(25,29)30/h1-6,8-9,11-13H,7,10,14-15H2/p+1. The molecule has 0 saturated carbocycles. The molecule has 6 nitrogen and oxygen atoms in total. The molecule has 0 aliphatic heterocycles. The lowest BCUT2D eigenvalue weighted by Crippen LogP contribution is -2.33. The minimum absolute atomic E-state index is 0.130. The second kappa shape index (κ2) is 10.8. The Labute approximate surface area is 195 Å². The quantitative estimate of drug-likeness (QED) is 0.361. The van der Waals surface area contributed by atoms with Crippen molar-refractivity contribution >= 4 is 39.3 Å². The molecule has 10 heteroatoms. The zero-order valence-electron chi connectivity index (χ0n) is 16.8. The van der Waals surface area contributed by atoms with Gasteiger partial charge in [-0.2, -0.15) is 8.42 Å². The van der Waals surface area contributed by atoms with Crippen molar-refractivity contribution in [1.82, 2.24) is 5.32 Å². The summed E-state index contributed by atoms with van der Waals surface area (Å²) in [6.45, 7) is 0.831. The Balaban J connectivity index is 1.42. The molecule has 0 spiro atoms. The third kappa shape index (κ3) is 7.19. The van der Waals surface area contributed by atoms with Crippen LogP contribution in [-0.2, 0) is 28.0 Å². The summed E-state index contributed by atoms with van der Waals surface area (Å²) < 4.78 is 42.0. The molecule has 0 saturated heterocycles. The first-order valence-electron chi connectivity index (χ1n) is 9.57. The number of ether oxygens (including phenoxy) is 1. The number of carbonyl (C=O) groups excluding carboxylic acids is 1. The monoisotopic (exact) mass is 497 g/mol. The molecular weight excluding hydrogens is 478 g/mol. The van der Waals surface area contributed by atoms with Crippen LogP contribution in [0.2, 0.25) is 10.0 Å². The predicted octanol–water partition coefficient (Wildman–Crippen LogP) is 3.73. The second-order valence-corrected chi connectivity index (χ2v) is 9.09.